The summed E-state index contributed by atoms with van der Waals surface area (Å²) >= 11 is 3.53. The van der Waals surface area contributed by atoms with Crippen LogP contribution in [0.4, 0.5) is 0 Å². The summed E-state index contributed by atoms with van der Waals surface area (Å²) in [6.07, 6.45) is 0.954. The molecule has 0 heterocycles. The van der Waals surface area contributed by atoms with E-state index in [1.165, 1.54) is 16.7 Å². The molecule has 2 aromatic carbocycles. The lowest BCUT2D eigenvalue weighted by molar-refractivity contribution is 0.411. The van der Waals surface area contributed by atoms with Gasteiger partial charge in [0.2, 0.25) is 0 Å². The number of rotatable bonds is 3. The van der Waals surface area contributed by atoms with Gasteiger partial charge in [-0.2, -0.15) is 0 Å². The molecule has 0 aromatic heterocycles. The second-order valence-corrected chi connectivity index (χ2v) is 4.93. The van der Waals surface area contributed by atoms with E-state index in [0.717, 1.165) is 16.6 Å². The van der Waals surface area contributed by atoms with Crippen molar-refractivity contribution in [1.82, 2.24) is 0 Å². The highest BCUT2D eigenvalue weighted by atomic mass is 79.9. The van der Waals surface area contributed by atoms with Gasteiger partial charge in [-0.05, 0) is 58.1 Å². The molecule has 0 fully saturated rings. The maximum Gasteiger partial charge on any atom is 0.133 e. The van der Waals surface area contributed by atoms with Crippen LogP contribution in [0.1, 0.15) is 16.7 Å². The van der Waals surface area contributed by atoms with E-state index in [0.29, 0.717) is 0 Å². The topological polar surface area (TPSA) is 9.23 Å². The number of hydrogen-bond donors (Lipinski definition) is 0. The number of ether oxygens (including phenoxy) is 1. The summed E-state index contributed by atoms with van der Waals surface area (Å²) in [4.78, 5) is 0. The Bertz CT molecular complexity index is 506. The molecule has 88 valence electrons. The Kier molecular flexibility index (Phi) is 3.85. The predicted molar refractivity (Wildman–Crippen MR) is 74.7 cm³/mol. The third-order valence-corrected chi connectivity index (χ3v) is 3.47. The molecule has 0 spiro atoms. The quantitative estimate of drug-likeness (QED) is 0.816. The minimum atomic E-state index is 0.888. The molecular weight excluding hydrogens is 276 g/mol. The number of aryl methyl sites for hydroxylation is 1. The smallest absolute Gasteiger partial charge is 0.133 e. The molecular formula is C15H15BrO. The highest BCUT2D eigenvalue weighted by Crippen LogP contribution is 2.29. The van der Waals surface area contributed by atoms with Gasteiger partial charge in [-0.3, -0.25) is 0 Å². The molecule has 0 saturated carbocycles. The summed E-state index contributed by atoms with van der Waals surface area (Å²) in [6, 6.07) is 14.7. The minimum Gasteiger partial charge on any atom is -0.496 e. The van der Waals surface area contributed by atoms with E-state index in [1.54, 1.807) is 7.11 Å². The van der Waals surface area contributed by atoms with Crippen molar-refractivity contribution in [3.63, 3.8) is 0 Å². The molecule has 2 rings (SSSR count). The fourth-order valence-corrected chi connectivity index (χ4v) is 2.41. The first-order valence-electron chi connectivity index (χ1n) is 5.57. The lowest BCUT2D eigenvalue weighted by Gasteiger charge is -2.10. The third-order valence-electron chi connectivity index (χ3n) is 2.85. The van der Waals surface area contributed by atoms with Crippen molar-refractivity contribution in [2.75, 3.05) is 7.11 Å². The van der Waals surface area contributed by atoms with E-state index in [9.17, 15) is 0 Å². The summed E-state index contributed by atoms with van der Waals surface area (Å²) in [7, 11) is 1.69. The second-order valence-electron chi connectivity index (χ2n) is 4.08. The Morgan fingerprint density at radius 1 is 1.12 bits per heavy atom. The molecule has 0 unspecified atom stereocenters. The number of halogens is 1. The van der Waals surface area contributed by atoms with E-state index in [2.05, 4.69) is 59.3 Å². The Labute approximate surface area is 111 Å². The zero-order valence-corrected chi connectivity index (χ0v) is 11.6. The SMILES string of the molecule is COc1cc(C)c(Cc2ccccc2)cc1Br. The monoisotopic (exact) mass is 290 g/mol. The van der Waals surface area contributed by atoms with Crippen molar-refractivity contribution in [3.8, 4) is 5.75 Å². The van der Waals surface area contributed by atoms with Crippen LogP contribution >= 0.6 is 15.9 Å². The van der Waals surface area contributed by atoms with Crippen LogP contribution in [0.5, 0.6) is 5.75 Å². The molecule has 0 bridgehead atoms. The molecule has 0 aliphatic carbocycles. The van der Waals surface area contributed by atoms with Crippen molar-refractivity contribution in [3.05, 3.63) is 63.6 Å². The zero-order chi connectivity index (χ0) is 12.3. The molecule has 2 heteroatoms. The molecule has 0 saturated heterocycles. The summed E-state index contributed by atoms with van der Waals surface area (Å²) < 4.78 is 6.29. The van der Waals surface area contributed by atoms with Crippen LogP contribution in [0.2, 0.25) is 0 Å². The Morgan fingerprint density at radius 3 is 2.47 bits per heavy atom. The van der Waals surface area contributed by atoms with E-state index in [-0.39, 0.29) is 0 Å². The largest absolute Gasteiger partial charge is 0.496 e. The minimum absolute atomic E-state index is 0.888. The normalized spacial score (nSPS) is 10.3. The fraction of sp³-hybridized carbons (Fsp3) is 0.200. The van der Waals surface area contributed by atoms with E-state index in [4.69, 9.17) is 4.74 Å². The summed E-state index contributed by atoms with van der Waals surface area (Å²) in [5.41, 5.74) is 3.91. The first-order chi connectivity index (χ1) is 8.20. The molecule has 0 amide bonds. The summed E-state index contributed by atoms with van der Waals surface area (Å²) in [6.45, 7) is 2.12. The Balaban J connectivity index is 2.31. The Morgan fingerprint density at radius 2 is 1.82 bits per heavy atom. The standard InChI is InChI=1S/C15H15BrO/c1-11-8-15(17-2)14(16)10-13(11)9-12-6-4-3-5-7-12/h3-8,10H,9H2,1-2H3. The van der Waals surface area contributed by atoms with Gasteiger partial charge in [-0.1, -0.05) is 30.3 Å². The number of methoxy groups -OCH3 is 1. The van der Waals surface area contributed by atoms with Crippen molar-refractivity contribution >= 4 is 15.9 Å². The second kappa shape index (κ2) is 5.37. The molecule has 0 aliphatic rings. The molecule has 1 nitrogen and oxygen atoms in total. The van der Waals surface area contributed by atoms with Crippen LogP contribution in [0.15, 0.2) is 46.9 Å². The van der Waals surface area contributed by atoms with E-state index in [1.807, 2.05) is 6.07 Å². The lowest BCUT2D eigenvalue weighted by atomic mass is 10.0. The maximum absolute atomic E-state index is 5.28. The van der Waals surface area contributed by atoms with Gasteiger partial charge < -0.3 is 4.74 Å². The van der Waals surface area contributed by atoms with Crippen molar-refractivity contribution in [2.24, 2.45) is 0 Å². The van der Waals surface area contributed by atoms with E-state index < -0.39 is 0 Å². The number of benzene rings is 2. The molecule has 0 radical (unpaired) electrons. The van der Waals surface area contributed by atoms with Crippen LogP contribution in [0.25, 0.3) is 0 Å². The number of hydrogen-bond acceptors (Lipinski definition) is 1. The third kappa shape index (κ3) is 2.89. The van der Waals surface area contributed by atoms with Crippen molar-refractivity contribution in [2.45, 2.75) is 13.3 Å². The first-order valence-corrected chi connectivity index (χ1v) is 6.37. The summed E-state index contributed by atoms with van der Waals surface area (Å²) in [5.74, 6) is 0.888. The van der Waals surface area contributed by atoms with Crippen LogP contribution in [0, 0.1) is 6.92 Å². The van der Waals surface area contributed by atoms with Gasteiger partial charge in [0.05, 0.1) is 11.6 Å². The lowest BCUT2D eigenvalue weighted by Crippen LogP contribution is -1.94. The van der Waals surface area contributed by atoms with Crippen LogP contribution < -0.4 is 4.74 Å². The van der Waals surface area contributed by atoms with Gasteiger partial charge in [0, 0.05) is 0 Å². The first kappa shape index (κ1) is 12.2. The molecule has 0 aliphatic heterocycles. The van der Waals surface area contributed by atoms with Gasteiger partial charge in [0.1, 0.15) is 5.75 Å². The van der Waals surface area contributed by atoms with Crippen molar-refractivity contribution in [1.29, 1.82) is 0 Å². The molecule has 0 atom stereocenters. The van der Waals surface area contributed by atoms with Gasteiger partial charge in [0.25, 0.3) is 0 Å². The van der Waals surface area contributed by atoms with Crippen LogP contribution in [-0.4, -0.2) is 7.11 Å². The highest BCUT2D eigenvalue weighted by molar-refractivity contribution is 9.10. The van der Waals surface area contributed by atoms with Gasteiger partial charge in [0.15, 0.2) is 0 Å². The van der Waals surface area contributed by atoms with Crippen LogP contribution in [0.3, 0.4) is 0 Å². The molecule has 2 aromatic rings. The Hall–Kier alpha value is -1.28. The molecule has 0 N–H and O–H groups in total. The maximum atomic E-state index is 5.28. The van der Waals surface area contributed by atoms with Crippen molar-refractivity contribution < 1.29 is 4.74 Å². The van der Waals surface area contributed by atoms with Gasteiger partial charge in [-0.25, -0.2) is 0 Å². The van der Waals surface area contributed by atoms with Crippen LogP contribution in [-0.2, 0) is 6.42 Å². The predicted octanol–water partition coefficient (Wildman–Crippen LogP) is 4.36. The fourth-order valence-electron chi connectivity index (χ4n) is 1.86. The van der Waals surface area contributed by atoms with E-state index >= 15 is 0 Å². The summed E-state index contributed by atoms with van der Waals surface area (Å²) in [5, 5.41) is 0. The van der Waals surface area contributed by atoms with Gasteiger partial charge in [-0.15, -0.1) is 0 Å². The highest BCUT2D eigenvalue weighted by Gasteiger charge is 2.06. The van der Waals surface area contributed by atoms with Gasteiger partial charge >= 0.3 is 0 Å². The average molecular weight is 291 g/mol. The molecule has 17 heavy (non-hydrogen) atoms. The zero-order valence-electron chi connectivity index (χ0n) is 10.0. The average Bonchev–Trinajstić information content (AvgIpc) is 2.34.